The second kappa shape index (κ2) is 6.44. The molecule has 2 aliphatic heterocycles. The van der Waals surface area contributed by atoms with Crippen LogP contribution < -0.4 is 4.74 Å². The molecule has 6 heteroatoms. The van der Waals surface area contributed by atoms with E-state index in [9.17, 15) is 4.79 Å². The molecule has 0 bridgehead atoms. The van der Waals surface area contributed by atoms with Crippen LogP contribution in [0.4, 0.5) is 0 Å². The van der Waals surface area contributed by atoms with Gasteiger partial charge < -0.3 is 19.1 Å². The number of benzene rings is 1. The molecule has 0 N–H and O–H groups in total. The number of likely N-dealkylation sites (tertiary alicyclic amines) is 1. The van der Waals surface area contributed by atoms with Crippen molar-refractivity contribution in [3.8, 4) is 5.75 Å². The van der Waals surface area contributed by atoms with E-state index in [1.54, 1.807) is 32.4 Å². The number of rotatable bonds is 3. The molecule has 2 fully saturated rings. The van der Waals surface area contributed by atoms with Gasteiger partial charge in [0.25, 0.3) is 5.91 Å². The van der Waals surface area contributed by atoms with Gasteiger partial charge in [0.2, 0.25) is 0 Å². The van der Waals surface area contributed by atoms with E-state index in [1.165, 1.54) is 0 Å². The zero-order chi connectivity index (χ0) is 15.7. The summed E-state index contributed by atoms with van der Waals surface area (Å²) in [5, 5.41) is 0.444. The number of carbonyl (C=O) groups excluding carboxylic acids is 1. The third kappa shape index (κ3) is 2.69. The van der Waals surface area contributed by atoms with Crippen molar-refractivity contribution in [3.05, 3.63) is 28.8 Å². The van der Waals surface area contributed by atoms with Crippen LogP contribution in [0.2, 0.25) is 5.02 Å². The Bertz CT molecular complexity index is 565. The topological polar surface area (TPSA) is 48.0 Å². The van der Waals surface area contributed by atoms with Gasteiger partial charge in [0, 0.05) is 25.8 Å². The van der Waals surface area contributed by atoms with Gasteiger partial charge in [-0.05, 0) is 31.0 Å². The fraction of sp³-hybridized carbons (Fsp3) is 0.562. The fourth-order valence-corrected chi connectivity index (χ4v) is 3.61. The first-order chi connectivity index (χ1) is 10.7. The van der Waals surface area contributed by atoms with Crippen molar-refractivity contribution in [2.75, 3.05) is 27.4 Å². The Morgan fingerprint density at radius 3 is 2.86 bits per heavy atom. The molecule has 3 rings (SSSR count). The van der Waals surface area contributed by atoms with E-state index in [1.807, 2.05) is 4.90 Å². The minimum absolute atomic E-state index is 0.0143. The van der Waals surface area contributed by atoms with E-state index in [2.05, 4.69) is 0 Å². The molecule has 0 aliphatic carbocycles. The van der Waals surface area contributed by atoms with Crippen LogP contribution in [-0.4, -0.2) is 56.4 Å². The Kier molecular flexibility index (Phi) is 4.57. The summed E-state index contributed by atoms with van der Waals surface area (Å²) in [7, 11) is 3.25. The lowest BCUT2D eigenvalue weighted by Crippen LogP contribution is -2.55. The van der Waals surface area contributed by atoms with E-state index in [0.717, 1.165) is 12.8 Å². The lowest BCUT2D eigenvalue weighted by Gasteiger charge is -2.40. The van der Waals surface area contributed by atoms with Crippen LogP contribution in [0.25, 0.3) is 0 Å². The number of carbonyl (C=O) groups is 1. The summed E-state index contributed by atoms with van der Waals surface area (Å²) in [6, 6.07) is 5.21. The quantitative estimate of drug-likeness (QED) is 0.856. The SMILES string of the molecule is COc1ccc(C(=O)N2CC[C@@H](OC)[C@@H]3OCC[C@H]32)cc1Cl. The third-order valence-electron chi connectivity index (χ3n) is 4.49. The van der Waals surface area contributed by atoms with Gasteiger partial charge in [-0.1, -0.05) is 11.6 Å². The Balaban J connectivity index is 1.81. The molecule has 0 spiro atoms. The summed E-state index contributed by atoms with van der Waals surface area (Å²) in [4.78, 5) is 14.7. The molecular formula is C16H20ClNO4. The molecule has 3 atom stereocenters. The molecule has 2 heterocycles. The minimum atomic E-state index is -0.0311. The van der Waals surface area contributed by atoms with Crippen molar-refractivity contribution in [2.24, 2.45) is 0 Å². The van der Waals surface area contributed by atoms with Crippen LogP contribution in [0.1, 0.15) is 23.2 Å². The summed E-state index contributed by atoms with van der Waals surface area (Å²) in [6.45, 7) is 1.34. The Morgan fingerprint density at radius 1 is 1.36 bits per heavy atom. The van der Waals surface area contributed by atoms with Gasteiger partial charge in [0.05, 0.1) is 24.3 Å². The van der Waals surface area contributed by atoms with Crippen LogP contribution in [0, 0.1) is 0 Å². The van der Waals surface area contributed by atoms with E-state index in [-0.39, 0.29) is 24.2 Å². The number of hydrogen-bond donors (Lipinski definition) is 0. The second-order valence-electron chi connectivity index (χ2n) is 5.60. The van der Waals surface area contributed by atoms with E-state index in [4.69, 9.17) is 25.8 Å². The molecule has 2 aliphatic rings. The smallest absolute Gasteiger partial charge is 0.254 e. The molecule has 2 saturated heterocycles. The van der Waals surface area contributed by atoms with Gasteiger partial charge in [-0.25, -0.2) is 0 Å². The minimum Gasteiger partial charge on any atom is -0.495 e. The van der Waals surface area contributed by atoms with Gasteiger partial charge in [0.1, 0.15) is 11.9 Å². The number of ether oxygens (including phenoxy) is 3. The lowest BCUT2D eigenvalue weighted by atomic mass is 9.94. The zero-order valence-electron chi connectivity index (χ0n) is 12.8. The van der Waals surface area contributed by atoms with Gasteiger partial charge in [-0.15, -0.1) is 0 Å². The number of halogens is 1. The Morgan fingerprint density at radius 2 is 2.18 bits per heavy atom. The van der Waals surface area contributed by atoms with Crippen LogP contribution in [-0.2, 0) is 9.47 Å². The second-order valence-corrected chi connectivity index (χ2v) is 6.01. The van der Waals surface area contributed by atoms with Crippen molar-refractivity contribution >= 4 is 17.5 Å². The average molecular weight is 326 g/mol. The maximum Gasteiger partial charge on any atom is 0.254 e. The summed E-state index contributed by atoms with van der Waals surface area (Å²) < 4.78 is 16.4. The fourth-order valence-electron chi connectivity index (χ4n) is 3.35. The van der Waals surface area contributed by atoms with Gasteiger partial charge in [0.15, 0.2) is 0 Å². The predicted octanol–water partition coefficient (Wildman–Crippen LogP) is 2.37. The van der Waals surface area contributed by atoms with Crippen molar-refractivity contribution in [2.45, 2.75) is 31.1 Å². The summed E-state index contributed by atoms with van der Waals surface area (Å²) in [5.74, 6) is 0.554. The number of methoxy groups -OCH3 is 2. The molecule has 1 aromatic rings. The molecule has 0 aromatic heterocycles. The van der Waals surface area contributed by atoms with E-state index >= 15 is 0 Å². The first-order valence-corrected chi connectivity index (χ1v) is 7.82. The highest BCUT2D eigenvalue weighted by molar-refractivity contribution is 6.32. The third-order valence-corrected chi connectivity index (χ3v) is 4.78. The standard InChI is InChI=1S/C16H20ClNO4/c1-20-13-4-3-10(9-11(13)17)16(19)18-7-5-14(21-2)15-12(18)6-8-22-15/h3-4,9,12,14-15H,5-8H2,1-2H3/t12-,14-,15-/m1/s1. The number of fused-ring (bicyclic) bond motifs is 1. The summed E-state index contributed by atoms with van der Waals surface area (Å²) in [6.07, 6.45) is 1.67. The van der Waals surface area contributed by atoms with Crippen LogP contribution in [0.5, 0.6) is 5.75 Å². The molecule has 0 saturated carbocycles. The normalized spacial score (nSPS) is 27.6. The maximum atomic E-state index is 12.8. The Hall–Kier alpha value is -1.30. The number of amides is 1. The van der Waals surface area contributed by atoms with Gasteiger partial charge in [-0.2, -0.15) is 0 Å². The highest BCUT2D eigenvalue weighted by Gasteiger charge is 2.44. The van der Waals surface area contributed by atoms with E-state index < -0.39 is 0 Å². The highest BCUT2D eigenvalue weighted by Crippen LogP contribution is 2.32. The largest absolute Gasteiger partial charge is 0.495 e. The number of nitrogens with zero attached hydrogens (tertiary/aromatic N) is 1. The molecule has 120 valence electrons. The molecule has 1 aromatic carbocycles. The molecule has 5 nitrogen and oxygen atoms in total. The summed E-state index contributed by atoms with van der Waals surface area (Å²) in [5.41, 5.74) is 0.576. The molecule has 0 unspecified atom stereocenters. The Labute approximate surface area is 135 Å². The van der Waals surface area contributed by atoms with Crippen LogP contribution in [0.3, 0.4) is 0 Å². The van der Waals surface area contributed by atoms with Gasteiger partial charge >= 0.3 is 0 Å². The lowest BCUT2D eigenvalue weighted by molar-refractivity contribution is -0.0754. The summed E-state index contributed by atoms with van der Waals surface area (Å²) >= 11 is 6.13. The van der Waals surface area contributed by atoms with Crippen molar-refractivity contribution in [1.29, 1.82) is 0 Å². The number of piperidine rings is 1. The van der Waals surface area contributed by atoms with Crippen LogP contribution in [0.15, 0.2) is 18.2 Å². The van der Waals surface area contributed by atoms with Crippen molar-refractivity contribution < 1.29 is 19.0 Å². The molecule has 0 radical (unpaired) electrons. The van der Waals surface area contributed by atoms with Crippen molar-refractivity contribution in [3.63, 3.8) is 0 Å². The van der Waals surface area contributed by atoms with E-state index in [0.29, 0.717) is 29.5 Å². The highest BCUT2D eigenvalue weighted by atomic mass is 35.5. The zero-order valence-corrected chi connectivity index (χ0v) is 13.5. The molecule has 22 heavy (non-hydrogen) atoms. The predicted molar refractivity (Wildman–Crippen MR) is 82.6 cm³/mol. The molecular weight excluding hydrogens is 306 g/mol. The first kappa shape index (κ1) is 15.6. The average Bonchev–Trinajstić information content (AvgIpc) is 3.02. The van der Waals surface area contributed by atoms with Gasteiger partial charge in [-0.3, -0.25) is 4.79 Å². The monoisotopic (exact) mass is 325 g/mol. The first-order valence-electron chi connectivity index (χ1n) is 7.44. The maximum absolute atomic E-state index is 12.8. The molecule has 1 amide bonds. The van der Waals surface area contributed by atoms with Crippen LogP contribution >= 0.6 is 11.6 Å². The van der Waals surface area contributed by atoms with Crippen molar-refractivity contribution in [1.82, 2.24) is 4.90 Å². The number of hydrogen-bond acceptors (Lipinski definition) is 4.